The topological polar surface area (TPSA) is 166 Å². The molecule has 0 radical (unpaired) electrons. The molecule has 1 unspecified atom stereocenters. The van der Waals surface area contributed by atoms with Crippen molar-refractivity contribution >= 4 is 45.3 Å². The maximum atomic E-state index is 13.0. The van der Waals surface area contributed by atoms with Crippen molar-refractivity contribution in [3.8, 4) is 11.3 Å². The molecule has 0 spiro atoms. The molecule has 14 nitrogen and oxygen atoms in total. The van der Waals surface area contributed by atoms with E-state index in [4.69, 9.17) is 14.4 Å². The number of piperazine rings is 1. The number of aromatic nitrogens is 6. The fourth-order valence-corrected chi connectivity index (χ4v) is 8.05. The van der Waals surface area contributed by atoms with Crippen LogP contribution in [0.15, 0.2) is 65.7 Å². The predicted molar refractivity (Wildman–Crippen MR) is 216 cm³/mol. The van der Waals surface area contributed by atoms with E-state index in [9.17, 15) is 14.4 Å². The van der Waals surface area contributed by atoms with Crippen molar-refractivity contribution in [2.75, 3.05) is 37.6 Å². The molecule has 57 heavy (non-hydrogen) atoms. The van der Waals surface area contributed by atoms with E-state index in [1.54, 1.807) is 11.0 Å². The Morgan fingerprint density at radius 1 is 1.04 bits per heavy atom. The number of benzene rings is 2. The molecule has 2 atom stereocenters. The minimum Gasteiger partial charge on any atom is -0.379 e. The average Bonchev–Trinajstić information content (AvgIpc) is 3.84. The average molecular weight is 770 g/mol. The Labute approximate surface area is 331 Å². The molecule has 2 aliphatic rings. The van der Waals surface area contributed by atoms with Crippen molar-refractivity contribution in [1.29, 1.82) is 0 Å². The second-order valence-corrected chi connectivity index (χ2v) is 16.3. The summed E-state index contributed by atoms with van der Waals surface area (Å²) in [6, 6.07) is 16.5. The number of rotatable bonds is 9. The van der Waals surface area contributed by atoms with Crippen molar-refractivity contribution in [3.05, 3.63) is 95.2 Å². The molecule has 2 aromatic carbocycles. The number of carbonyl (C=O) groups excluding carboxylic acids is 3. The number of piperidine rings is 1. The second kappa shape index (κ2) is 15.1. The van der Waals surface area contributed by atoms with E-state index in [-0.39, 0.29) is 41.1 Å². The van der Waals surface area contributed by atoms with Gasteiger partial charge in [-0.25, -0.2) is 9.97 Å². The highest BCUT2D eigenvalue weighted by molar-refractivity contribution is 6.12. The van der Waals surface area contributed by atoms with Crippen LogP contribution in [0.25, 0.3) is 33.2 Å². The van der Waals surface area contributed by atoms with Crippen molar-refractivity contribution in [2.24, 2.45) is 0 Å². The van der Waals surface area contributed by atoms with Crippen LogP contribution in [0.2, 0.25) is 0 Å². The number of hydrogen-bond acceptors (Lipinski definition) is 10. The normalized spacial score (nSPS) is 17.3. The molecule has 8 rings (SSSR count). The van der Waals surface area contributed by atoms with Crippen LogP contribution < -0.4 is 20.2 Å². The summed E-state index contributed by atoms with van der Waals surface area (Å²) in [6.45, 7) is 16.6. The van der Waals surface area contributed by atoms with E-state index in [1.807, 2.05) is 65.8 Å². The van der Waals surface area contributed by atoms with Crippen molar-refractivity contribution in [3.63, 3.8) is 0 Å². The van der Waals surface area contributed by atoms with Gasteiger partial charge < -0.3 is 19.6 Å². The molecule has 6 aromatic rings. The van der Waals surface area contributed by atoms with Gasteiger partial charge in [0.1, 0.15) is 12.0 Å². The zero-order chi connectivity index (χ0) is 40.0. The number of fused-ring (bicyclic) bond motifs is 3. The van der Waals surface area contributed by atoms with Crippen LogP contribution in [0, 0.1) is 13.8 Å². The summed E-state index contributed by atoms with van der Waals surface area (Å²) in [7, 11) is 0. The molecule has 0 saturated carbocycles. The predicted octanol–water partition coefficient (Wildman–Crippen LogP) is 5.20. The van der Waals surface area contributed by atoms with Gasteiger partial charge in [-0.15, -0.1) is 0 Å². The first-order valence-corrected chi connectivity index (χ1v) is 19.7. The van der Waals surface area contributed by atoms with Gasteiger partial charge >= 0.3 is 18.2 Å². The summed E-state index contributed by atoms with van der Waals surface area (Å²) in [5.74, 6) is -1.09. The maximum absolute atomic E-state index is 13.0. The van der Waals surface area contributed by atoms with Crippen LogP contribution in [-0.2, 0) is 21.5 Å². The fraction of sp³-hybridized carbons (Fsp3) is 0.395. The van der Waals surface area contributed by atoms with Gasteiger partial charge in [0.05, 0.1) is 23.0 Å². The van der Waals surface area contributed by atoms with E-state index in [0.29, 0.717) is 12.8 Å². The number of aryl methyl sites for hydroxylation is 2. The van der Waals surface area contributed by atoms with Gasteiger partial charge in [-0.3, -0.25) is 29.6 Å². The minimum atomic E-state index is -0.369. The van der Waals surface area contributed by atoms with E-state index in [0.717, 1.165) is 100 Å². The number of nitrogens with zero attached hydrogens (tertiary/aromatic N) is 7. The van der Waals surface area contributed by atoms with Gasteiger partial charge in [-0.05, 0) is 72.8 Å². The third-order valence-electron chi connectivity index (χ3n) is 11.3. The van der Waals surface area contributed by atoms with E-state index in [2.05, 4.69) is 59.8 Å². The molecule has 0 bridgehead atoms. The fourth-order valence-electron chi connectivity index (χ4n) is 8.05. The van der Waals surface area contributed by atoms with Gasteiger partial charge in [0.25, 0.3) is 0 Å². The van der Waals surface area contributed by atoms with Gasteiger partial charge in [0.15, 0.2) is 5.54 Å². The first-order valence-electron chi connectivity index (χ1n) is 19.7. The summed E-state index contributed by atoms with van der Waals surface area (Å²) < 4.78 is 7.10. The largest absolute Gasteiger partial charge is 0.379 e. The SMILES string of the molecule is Cc1cc(-c2ncnc3[nH]c4cc(N5CCN(CCc6ccc(C7CCC(=O)NC7=O)c(C)n6)CC5)ccc4c23)ccc1[C@@H](C)NC(=O)c1n[n+](C(C)(C)C)co1. The molecule has 3 amide bonds. The molecule has 14 heteroatoms. The van der Waals surface area contributed by atoms with Crippen molar-refractivity contribution < 1.29 is 23.5 Å². The van der Waals surface area contributed by atoms with Crippen LogP contribution in [0.5, 0.6) is 0 Å². The van der Waals surface area contributed by atoms with Crippen molar-refractivity contribution in [2.45, 2.75) is 78.3 Å². The molecule has 2 fully saturated rings. The Balaban J connectivity index is 0.911. The number of amides is 3. The Hall–Kier alpha value is -6.02. The monoisotopic (exact) mass is 769 g/mol. The molecular formula is C43H49N10O4+. The lowest BCUT2D eigenvalue weighted by Gasteiger charge is -2.36. The first-order chi connectivity index (χ1) is 27.3. The third-order valence-corrected chi connectivity index (χ3v) is 11.3. The van der Waals surface area contributed by atoms with Gasteiger partial charge in [0.2, 0.25) is 11.8 Å². The zero-order valence-electron chi connectivity index (χ0n) is 33.3. The van der Waals surface area contributed by atoms with Gasteiger partial charge in [-0.1, -0.05) is 24.3 Å². The van der Waals surface area contributed by atoms with Crippen LogP contribution in [0.4, 0.5) is 5.69 Å². The van der Waals surface area contributed by atoms with E-state index >= 15 is 0 Å². The summed E-state index contributed by atoms with van der Waals surface area (Å²) in [5, 5.41) is 11.8. The number of hydrogen-bond donors (Lipinski definition) is 3. The first kappa shape index (κ1) is 37.9. The Kier molecular flexibility index (Phi) is 10.1. The molecular weight excluding hydrogens is 721 g/mol. The highest BCUT2D eigenvalue weighted by Gasteiger charge is 2.31. The molecule has 6 heterocycles. The Bertz CT molecular complexity index is 2510. The van der Waals surface area contributed by atoms with E-state index in [1.165, 1.54) is 12.1 Å². The standard InChI is InChI=1S/C43H48N10O4/c1-25-21-28(7-10-31(25)26(2)47-41(56)42-50-53(24-57-42)43(4,5)6)38-37-34-12-9-30(22-35(34)48-39(37)45-23-44-38)52-19-17-51(18-20-52)16-15-29-8-11-32(27(3)46-29)33-13-14-36(54)49-40(33)55/h7-12,21-24,26,33H,13-20H2,1-6H3,(H2-,44,45,47,48,49,54,55,56)/p+1/t26-,33?/m1/s1. The number of imide groups is 1. The number of H-pyrrole nitrogens is 1. The number of carbonyl (C=O) groups is 3. The van der Waals surface area contributed by atoms with Crippen LogP contribution in [0.1, 0.15) is 91.3 Å². The number of nitrogens with one attached hydrogen (secondary N) is 3. The molecule has 2 saturated heterocycles. The lowest BCUT2D eigenvalue weighted by molar-refractivity contribution is -0.806. The quantitative estimate of drug-likeness (QED) is 0.132. The summed E-state index contributed by atoms with van der Waals surface area (Å²) in [4.78, 5) is 59.6. The van der Waals surface area contributed by atoms with Gasteiger partial charge in [0, 0.05) is 105 Å². The molecule has 2 aliphatic heterocycles. The molecule has 3 N–H and O–H groups in total. The van der Waals surface area contributed by atoms with Crippen LogP contribution >= 0.6 is 0 Å². The number of aromatic amines is 1. The number of anilines is 1. The summed E-state index contributed by atoms with van der Waals surface area (Å²) in [6.07, 6.45) is 4.79. The van der Waals surface area contributed by atoms with Gasteiger partial charge in [-0.2, -0.15) is 0 Å². The molecule has 4 aromatic heterocycles. The Morgan fingerprint density at radius 2 is 1.84 bits per heavy atom. The zero-order valence-corrected chi connectivity index (χ0v) is 33.3. The summed E-state index contributed by atoms with van der Waals surface area (Å²) in [5.41, 5.74) is 9.28. The minimum absolute atomic E-state index is 0.0246. The van der Waals surface area contributed by atoms with Crippen LogP contribution in [0.3, 0.4) is 0 Å². The smallest absolute Gasteiger partial charge is 0.362 e. The lowest BCUT2D eigenvalue weighted by Crippen LogP contribution is -2.51. The highest BCUT2D eigenvalue weighted by Crippen LogP contribution is 2.35. The second-order valence-electron chi connectivity index (χ2n) is 16.3. The Morgan fingerprint density at radius 3 is 2.56 bits per heavy atom. The lowest BCUT2D eigenvalue weighted by atomic mass is 9.89. The maximum Gasteiger partial charge on any atom is 0.362 e. The third kappa shape index (κ3) is 7.73. The highest BCUT2D eigenvalue weighted by atomic mass is 16.4. The molecule has 294 valence electrons. The van der Waals surface area contributed by atoms with Crippen LogP contribution in [-0.4, -0.2) is 80.4 Å². The summed E-state index contributed by atoms with van der Waals surface area (Å²) >= 11 is 0. The number of pyridine rings is 1. The molecule has 0 aliphatic carbocycles. The van der Waals surface area contributed by atoms with Crippen molar-refractivity contribution in [1.82, 2.24) is 40.6 Å². The van der Waals surface area contributed by atoms with E-state index < -0.39 is 0 Å².